The number of hydrogen-bond acceptors (Lipinski definition) is 3. The van der Waals surface area contributed by atoms with E-state index in [4.69, 9.17) is 9.15 Å². The van der Waals surface area contributed by atoms with Gasteiger partial charge in [-0.3, -0.25) is 4.79 Å². The Balaban J connectivity index is 1.62. The molecule has 180 valence electrons. The lowest BCUT2D eigenvalue weighted by Gasteiger charge is -2.12. The Hall–Kier alpha value is -3.79. The second-order valence-corrected chi connectivity index (χ2v) is 8.91. The van der Waals surface area contributed by atoms with Gasteiger partial charge in [0.2, 0.25) is 5.91 Å². The van der Waals surface area contributed by atoms with Gasteiger partial charge in [-0.2, -0.15) is 0 Å². The molecule has 0 aliphatic heterocycles. The number of aryl methyl sites for hydroxylation is 2. The number of carbonyl (C=O) groups excluding carboxylic acids is 1. The highest BCUT2D eigenvalue weighted by molar-refractivity contribution is 6.05. The van der Waals surface area contributed by atoms with Crippen LogP contribution in [0.1, 0.15) is 50.3 Å². The normalized spacial score (nSPS) is 11.6. The van der Waals surface area contributed by atoms with Crippen LogP contribution in [0, 0.1) is 6.92 Å². The fourth-order valence-electron chi connectivity index (χ4n) is 4.18. The van der Waals surface area contributed by atoms with Crippen LogP contribution in [0.25, 0.3) is 27.7 Å². The topological polar surface area (TPSA) is 51.5 Å². The summed E-state index contributed by atoms with van der Waals surface area (Å²) in [6.45, 7) is 8.66. The molecule has 4 rings (SSSR count). The average molecular weight is 468 g/mol. The third kappa shape index (κ3) is 5.83. The van der Waals surface area contributed by atoms with Crippen LogP contribution in [0.3, 0.4) is 0 Å². The minimum Gasteiger partial charge on any atom is -0.493 e. The Labute approximate surface area is 207 Å². The van der Waals surface area contributed by atoms with Gasteiger partial charge in [0.15, 0.2) is 0 Å². The largest absolute Gasteiger partial charge is 0.493 e. The smallest absolute Gasteiger partial charge is 0.248 e. The summed E-state index contributed by atoms with van der Waals surface area (Å²) in [6.07, 6.45) is 6.81. The van der Waals surface area contributed by atoms with E-state index in [2.05, 4.69) is 61.6 Å². The highest BCUT2D eigenvalue weighted by Crippen LogP contribution is 2.37. The summed E-state index contributed by atoms with van der Waals surface area (Å²) in [5.74, 6) is 0.531. The molecule has 0 aliphatic rings. The van der Waals surface area contributed by atoms with Crippen molar-refractivity contribution in [3.63, 3.8) is 0 Å². The second kappa shape index (κ2) is 11.1. The molecule has 0 fully saturated rings. The number of fused-ring (bicyclic) bond motifs is 1. The first-order chi connectivity index (χ1) is 17.0. The molecule has 4 aromatic rings. The van der Waals surface area contributed by atoms with Crippen molar-refractivity contribution in [2.45, 2.75) is 47.0 Å². The lowest BCUT2D eigenvalue weighted by atomic mass is 9.98. The fraction of sp³-hybridized carbons (Fsp3) is 0.258. The first kappa shape index (κ1) is 24.3. The number of carbonyl (C=O) groups is 1. The van der Waals surface area contributed by atoms with Crippen molar-refractivity contribution in [2.24, 2.45) is 0 Å². The summed E-state index contributed by atoms with van der Waals surface area (Å²) < 4.78 is 11.8. The molecule has 1 amide bonds. The first-order valence-electron chi connectivity index (χ1n) is 12.3. The van der Waals surface area contributed by atoms with E-state index in [1.807, 2.05) is 32.0 Å². The number of rotatable bonds is 9. The zero-order valence-corrected chi connectivity index (χ0v) is 21.0. The van der Waals surface area contributed by atoms with E-state index < -0.39 is 0 Å². The molecule has 4 nitrogen and oxygen atoms in total. The molecule has 0 unspecified atom stereocenters. The summed E-state index contributed by atoms with van der Waals surface area (Å²) in [7, 11) is 0. The SMILES string of the molecule is CCCCc1ccc(NC(=O)/C=C(\C)c2cc3c(-c4ccc(C)cc4)coc3cc2OCC)cc1. The van der Waals surface area contributed by atoms with Crippen molar-refractivity contribution in [2.75, 3.05) is 11.9 Å². The number of hydrogen-bond donors (Lipinski definition) is 1. The van der Waals surface area contributed by atoms with Gasteiger partial charge in [0.05, 0.1) is 12.9 Å². The molecule has 0 saturated heterocycles. The molecular weight excluding hydrogens is 434 g/mol. The van der Waals surface area contributed by atoms with E-state index >= 15 is 0 Å². The maximum atomic E-state index is 12.8. The third-order valence-electron chi connectivity index (χ3n) is 6.15. The molecule has 1 heterocycles. The summed E-state index contributed by atoms with van der Waals surface area (Å²) in [5, 5.41) is 3.97. The predicted molar refractivity (Wildman–Crippen MR) is 145 cm³/mol. The summed E-state index contributed by atoms with van der Waals surface area (Å²) >= 11 is 0. The Kier molecular flexibility index (Phi) is 7.71. The van der Waals surface area contributed by atoms with Crippen LogP contribution in [0.15, 0.2) is 77.4 Å². The van der Waals surface area contributed by atoms with Crippen molar-refractivity contribution in [1.82, 2.24) is 0 Å². The standard InChI is InChI=1S/C31H33NO3/c1-5-7-8-23-11-15-25(16-12-23)32-31(33)17-22(4)26-18-27-28(24-13-9-21(3)10-14-24)20-35-30(27)19-29(26)34-6-2/h9-20H,5-8H2,1-4H3,(H,32,33)/b22-17+. The van der Waals surface area contributed by atoms with Crippen LogP contribution in [-0.4, -0.2) is 12.5 Å². The van der Waals surface area contributed by atoms with E-state index in [1.54, 1.807) is 12.3 Å². The van der Waals surface area contributed by atoms with E-state index in [1.165, 1.54) is 24.0 Å². The molecule has 0 aliphatic carbocycles. The van der Waals surface area contributed by atoms with E-state index in [9.17, 15) is 4.79 Å². The molecular formula is C31H33NO3. The second-order valence-electron chi connectivity index (χ2n) is 8.91. The van der Waals surface area contributed by atoms with Gasteiger partial charge >= 0.3 is 0 Å². The zero-order valence-electron chi connectivity index (χ0n) is 21.0. The molecule has 1 N–H and O–H groups in total. The van der Waals surface area contributed by atoms with Crippen molar-refractivity contribution in [3.05, 3.63) is 89.7 Å². The number of nitrogens with one attached hydrogen (secondary N) is 1. The van der Waals surface area contributed by atoms with Crippen molar-refractivity contribution in [3.8, 4) is 16.9 Å². The van der Waals surface area contributed by atoms with Gasteiger partial charge < -0.3 is 14.5 Å². The van der Waals surface area contributed by atoms with Crippen molar-refractivity contribution < 1.29 is 13.9 Å². The van der Waals surface area contributed by atoms with Crippen LogP contribution in [-0.2, 0) is 11.2 Å². The Bertz CT molecular complexity index is 1330. The minimum absolute atomic E-state index is 0.169. The number of anilines is 1. The molecule has 0 saturated carbocycles. The maximum absolute atomic E-state index is 12.8. The Morgan fingerprint density at radius 3 is 2.46 bits per heavy atom. The van der Waals surface area contributed by atoms with E-state index in [0.717, 1.165) is 45.3 Å². The molecule has 0 atom stereocenters. The first-order valence-corrected chi connectivity index (χ1v) is 12.3. The average Bonchev–Trinajstić information content (AvgIpc) is 3.26. The van der Waals surface area contributed by atoms with Crippen LogP contribution in [0.4, 0.5) is 5.69 Å². The minimum atomic E-state index is -0.169. The Morgan fingerprint density at radius 1 is 1.03 bits per heavy atom. The molecule has 3 aromatic carbocycles. The molecule has 35 heavy (non-hydrogen) atoms. The molecule has 0 radical (unpaired) electrons. The summed E-state index contributed by atoms with van der Waals surface area (Å²) in [6, 6.07) is 20.4. The quantitative estimate of drug-likeness (QED) is 0.252. The molecule has 0 bridgehead atoms. The third-order valence-corrected chi connectivity index (χ3v) is 6.15. The van der Waals surface area contributed by atoms with Gasteiger partial charge in [0.1, 0.15) is 11.3 Å². The highest BCUT2D eigenvalue weighted by atomic mass is 16.5. The van der Waals surface area contributed by atoms with Crippen molar-refractivity contribution >= 4 is 28.1 Å². The van der Waals surface area contributed by atoms with E-state index in [0.29, 0.717) is 12.4 Å². The maximum Gasteiger partial charge on any atom is 0.248 e. The predicted octanol–water partition coefficient (Wildman–Crippen LogP) is 8.19. The molecule has 1 aromatic heterocycles. The lowest BCUT2D eigenvalue weighted by Crippen LogP contribution is -2.08. The number of unbranched alkanes of at least 4 members (excludes halogenated alkanes) is 1. The molecule has 4 heteroatoms. The number of benzene rings is 3. The highest BCUT2D eigenvalue weighted by Gasteiger charge is 2.15. The van der Waals surface area contributed by atoms with Crippen LogP contribution in [0.2, 0.25) is 0 Å². The fourth-order valence-corrected chi connectivity index (χ4v) is 4.18. The zero-order chi connectivity index (χ0) is 24.8. The summed E-state index contributed by atoms with van der Waals surface area (Å²) in [5.41, 5.74) is 7.85. The van der Waals surface area contributed by atoms with Gasteiger partial charge in [-0.05, 0) is 68.5 Å². The number of ether oxygens (including phenoxy) is 1. The van der Waals surface area contributed by atoms with Crippen LogP contribution < -0.4 is 10.1 Å². The van der Waals surface area contributed by atoms with Crippen LogP contribution in [0.5, 0.6) is 5.75 Å². The monoisotopic (exact) mass is 467 g/mol. The lowest BCUT2D eigenvalue weighted by molar-refractivity contribution is -0.111. The van der Waals surface area contributed by atoms with E-state index in [-0.39, 0.29) is 5.91 Å². The number of allylic oxidation sites excluding steroid dienone is 1. The Morgan fingerprint density at radius 2 is 1.77 bits per heavy atom. The van der Waals surface area contributed by atoms with Gasteiger partial charge in [0.25, 0.3) is 0 Å². The van der Waals surface area contributed by atoms with Gasteiger partial charge in [-0.25, -0.2) is 0 Å². The van der Waals surface area contributed by atoms with Gasteiger partial charge in [-0.15, -0.1) is 0 Å². The number of furan rings is 1. The molecule has 0 spiro atoms. The van der Waals surface area contributed by atoms with Crippen molar-refractivity contribution in [1.29, 1.82) is 0 Å². The van der Waals surface area contributed by atoms with Gasteiger partial charge in [0, 0.05) is 34.3 Å². The van der Waals surface area contributed by atoms with Crippen LogP contribution >= 0.6 is 0 Å². The number of amides is 1. The van der Waals surface area contributed by atoms with Gasteiger partial charge in [-0.1, -0.05) is 55.3 Å². The summed E-state index contributed by atoms with van der Waals surface area (Å²) in [4.78, 5) is 12.8.